The van der Waals surface area contributed by atoms with Gasteiger partial charge in [0.25, 0.3) is 0 Å². The number of sulfonamides is 1. The number of pyridine rings is 1. The van der Waals surface area contributed by atoms with Gasteiger partial charge in [0.2, 0.25) is 10.0 Å². The Morgan fingerprint density at radius 2 is 2.25 bits per heavy atom. The van der Waals surface area contributed by atoms with Crippen LogP contribution in [0.2, 0.25) is 0 Å². The minimum Gasteiger partial charge on any atom is -0.495 e. The number of ether oxygens (including phenoxy) is 1. The van der Waals surface area contributed by atoms with Crippen LogP contribution in [0.3, 0.4) is 0 Å². The second kappa shape index (κ2) is 4.90. The van der Waals surface area contributed by atoms with Crippen LogP contribution < -0.4 is 9.46 Å². The van der Waals surface area contributed by atoms with E-state index < -0.39 is 22.5 Å². The Balaban J connectivity index is 2.93. The molecule has 8 heteroatoms. The molecule has 1 heterocycles. The molecule has 0 amide bonds. The molecule has 88 valence electrons. The zero-order valence-electron chi connectivity index (χ0n) is 8.37. The minimum absolute atomic E-state index is 0.145. The fourth-order valence-electron chi connectivity index (χ4n) is 0.898. The SMILES string of the molecule is COc1cncc(S(=O)(=O)NCC(=O)O)c1. The van der Waals surface area contributed by atoms with Crippen LogP contribution in [-0.2, 0) is 14.8 Å². The average molecular weight is 246 g/mol. The molecule has 0 unspecified atom stereocenters. The van der Waals surface area contributed by atoms with Crippen molar-refractivity contribution in [1.29, 1.82) is 0 Å². The third kappa shape index (κ3) is 3.17. The van der Waals surface area contributed by atoms with E-state index in [0.29, 0.717) is 0 Å². The molecule has 16 heavy (non-hydrogen) atoms. The van der Waals surface area contributed by atoms with Gasteiger partial charge in [-0.25, -0.2) is 8.42 Å². The maximum atomic E-state index is 11.5. The van der Waals surface area contributed by atoms with Gasteiger partial charge in [-0.1, -0.05) is 0 Å². The number of carboxylic acid groups (broad SMARTS) is 1. The Bertz CT molecular complexity index is 485. The van der Waals surface area contributed by atoms with E-state index in [1.54, 1.807) is 0 Å². The van der Waals surface area contributed by atoms with E-state index in [1.807, 2.05) is 4.72 Å². The number of nitrogens with one attached hydrogen (secondary N) is 1. The van der Waals surface area contributed by atoms with Crippen LogP contribution in [0.15, 0.2) is 23.4 Å². The molecule has 0 atom stereocenters. The van der Waals surface area contributed by atoms with Crippen molar-refractivity contribution in [3.63, 3.8) is 0 Å². The van der Waals surface area contributed by atoms with Gasteiger partial charge >= 0.3 is 5.97 Å². The first-order valence-corrected chi connectivity index (χ1v) is 5.64. The number of hydrogen-bond acceptors (Lipinski definition) is 5. The van der Waals surface area contributed by atoms with Crippen LogP contribution in [0.1, 0.15) is 0 Å². The molecule has 2 N–H and O–H groups in total. The Kier molecular flexibility index (Phi) is 3.80. The summed E-state index contributed by atoms with van der Waals surface area (Å²) in [4.78, 5) is 13.7. The minimum atomic E-state index is -3.86. The number of carbonyl (C=O) groups is 1. The van der Waals surface area contributed by atoms with Crippen LogP contribution in [-0.4, -0.2) is 38.1 Å². The molecule has 1 rings (SSSR count). The van der Waals surface area contributed by atoms with Crippen LogP contribution in [0.4, 0.5) is 0 Å². The normalized spacial score (nSPS) is 11.1. The van der Waals surface area contributed by atoms with E-state index in [1.165, 1.54) is 19.4 Å². The zero-order chi connectivity index (χ0) is 12.2. The van der Waals surface area contributed by atoms with Gasteiger partial charge in [-0.15, -0.1) is 0 Å². The highest BCUT2D eigenvalue weighted by molar-refractivity contribution is 7.89. The quantitative estimate of drug-likeness (QED) is 0.722. The van der Waals surface area contributed by atoms with E-state index in [2.05, 4.69) is 4.98 Å². The summed E-state index contributed by atoms with van der Waals surface area (Å²) in [6, 6.07) is 1.25. The third-order valence-electron chi connectivity index (χ3n) is 1.65. The van der Waals surface area contributed by atoms with Gasteiger partial charge in [0.15, 0.2) is 0 Å². The Morgan fingerprint density at radius 3 is 2.81 bits per heavy atom. The van der Waals surface area contributed by atoms with Crippen LogP contribution in [0, 0.1) is 0 Å². The summed E-state index contributed by atoms with van der Waals surface area (Å²) in [6.45, 7) is -0.681. The molecule has 0 radical (unpaired) electrons. The van der Waals surface area contributed by atoms with Crippen LogP contribution in [0.25, 0.3) is 0 Å². The van der Waals surface area contributed by atoms with Gasteiger partial charge < -0.3 is 9.84 Å². The molecule has 1 aromatic rings. The lowest BCUT2D eigenvalue weighted by Gasteiger charge is -2.05. The van der Waals surface area contributed by atoms with Crippen molar-refractivity contribution in [3.8, 4) is 5.75 Å². The smallest absolute Gasteiger partial charge is 0.318 e. The highest BCUT2D eigenvalue weighted by atomic mass is 32.2. The predicted molar refractivity (Wildman–Crippen MR) is 53.6 cm³/mol. The van der Waals surface area contributed by atoms with Crippen molar-refractivity contribution in [2.24, 2.45) is 0 Å². The summed E-state index contributed by atoms with van der Waals surface area (Å²) in [5.74, 6) is -0.988. The molecule has 0 aromatic carbocycles. The number of nitrogens with zero attached hydrogens (tertiary/aromatic N) is 1. The van der Waals surface area contributed by atoms with Gasteiger partial charge in [0.05, 0.1) is 13.3 Å². The van der Waals surface area contributed by atoms with Crippen molar-refractivity contribution in [2.45, 2.75) is 4.90 Å². The molecule has 7 nitrogen and oxygen atoms in total. The predicted octanol–water partition coefficient (Wildman–Crippen LogP) is -0.547. The lowest BCUT2D eigenvalue weighted by Crippen LogP contribution is -2.29. The third-order valence-corrected chi connectivity index (χ3v) is 3.02. The number of hydrogen-bond donors (Lipinski definition) is 2. The molecule has 0 saturated carbocycles. The first kappa shape index (κ1) is 12.4. The first-order valence-electron chi connectivity index (χ1n) is 4.16. The van der Waals surface area contributed by atoms with Gasteiger partial charge in [-0.3, -0.25) is 9.78 Å². The first-order chi connectivity index (χ1) is 7.45. The summed E-state index contributed by atoms with van der Waals surface area (Å²) in [7, 11) is -2.49. The molecular weight excluding hydrogens is 236 g/mol. The maximum absolute atomic E-state index is 11.5. The second-order valence-electron chi connectivity index (χ2n) is 2.78. The van der Waals surface area contributed by atoms with E-state index in [0.717, 1.165) is 6.20 Å². The highest BCUT2D eigenvalue weighted by Crippen LogP contribution is 2.14. The van der Waals surface area contributed by atoms with E-state index in [4.69, 9.17) is 9.84 Å². The Hall–Kier alpha value is -1.67. The number of rotatable bonds is 5. The van der Waals surface area contributed by atoms with Gasteiger partial charge in [-0.2, -0.15) is 4.72 Å². The molecular formula is C8H10N2O5S. The number of methoxy groups -OCH3 is 1. The van der Waals surface area contributed by atoms with E-state index in [9.17, 15) is 13.2 Å². The fraction of sp³-hybridized carbons (Fsp3) is 0.250. The van der Waals surface area contributed by atoms with E-state index in [-0.39, 0.29) is 10.6 Å². The topological polar surface area (TPSA) is 106 Å². The summed E-state index contributed by atoms with van der Waals surface area (Å²) >= 11 is 0. The van der Waals surface area contributed by atoms with Crippen molar-refractivity contribution >= 4 is 16.0 Å². The molecule has 0 aliphatic rings. The van der Waals surface area contributed by atoms with Crippen molar-refractivity contribution in [3.05, 3.63) is 18.5 Å². The van der Waals surface area contributed by atoms with Crippen LogP contribution in [0.5, 0.6) is 5.75 Å². The molecule has 0 bridgehead atoms. The van der Waals surface area contributed by atoms with Crippen molar-refractivity contribution in [2.75, 3.05) is 13.7 Å². The summed E-state index contributed by atoms with van der Waals surface area (Å²) < 4.78 is 29.8. The Labute approximate surface area is 92.1 Å². The molecule has 0 fully saturated rings. The fourth-order valence-corrected chi connectivity index (χ4v) is 1.85. The van der Waals surface area contributed by atoms with Gasteiger partial charge in [0, 0.05) is 12.3 Å². The summed E-state index contributed by atoms with van der Waals surface area (Å²) in [5, 5.41) is 8.36. The monoisotopic (exact) mass is 246 g/mol. The summed E-state index contributed by atoms with van der Waals surface area (Å²) in [6.07, 6.45) is 2.45. The standard InChI is InChI=1S/C8H10N2O5S/c1-15-6-2-7(4-9-3-6)16(13,14)10-5-8(11)12/h2-4,10H,5H2,1H3,(H,11,12). The molecule has 0 spiro atoms. The second-order valence-corrected chi connectivity index (χ2v) is 4.55. The Morgan fingerprint density at radius 1 is 1.56 bits per heavy atom. The molecule has 1 aromatic heterocycles. The van der Waals surface area contributed by atoms with Crippen LogP contribution >= 0.6 is 0 Å². The zero-order valence-corrected chi connectivity index (χ0v) is 9.19. The van der Waals surface area contributed by atoms with Crippen molar-refractivity contribution in [1.82, 2.24) is 9.71 Å². The number of aliphatic carboxylic acids is 1. The summed E-state index contributed by atoms with van der Waals surface area (Å²) in [5.41, 5.74) is 0. The maximum Gasteiger partial charge on any atom is 0.318 e. The molecule has 0 aliphatic carbocycles. The molecule has 0 aliphatic heterocycles. The van der Waals surface area contributed by atoms with E-state index >= 15 is 0 Å². The lowest BCUT2D eigenvalue weighted by molar-refractivity contribution is -0.135. The lowest BCUT2D eigenvalue weighted by atomic mass is 10.5. The highest BCUT2D eigenvalue weighted by Gasteiger charge is 2.16. The van der Waals surface area contributed by atoms with Gasteiger partial charge in [0.1, 0.15) is 17.2 Å². The average Bonchev–Trinajstić information content (AvgIpc) is 2.27. The van der Waals surface area contributed by atoms with Gasteiger partial charge in [-0.05, 0) is 0 Å². The van der Waals surface area contributed by atoms with Crippen molar-refractivity contribution < 1.29 is 23.1 Å². The number of carboxylic acids is 1. The number of aromatic nitrogens is 1. The molecule has 0 saturated heterocycles. The largest absolute Gasteiger partial charge is 0.495 e.